The molecule has 0 atom stereocenters. The van der Waals surface area contributed by atoms with E-state index in [0.717, 1.165) is 12.1 Å². The van der Waals surface area contributed by atoms with E-state index in [1.54, 1.807) is 0 Å². The van der Waals surface area contributed by atoms with Crippen LogP contribution in [0.1, 0.15) is 0 Å². The lowest BCUT2D eigenvalue weighted by Gasteiger charge is -1.92. The summed E-state index contributed by atoms with van der Waals surface area (Å²) in [5.41, 5.74) is 4.90. The second-order valence-corrected chi connectivity index (χ2v) is 2.67. The Morgan fingerprint density at radius 3 is 2.93 bits per heavy atom. The van der Waals surface area contributed by atoms with Gasteiger partial charge >= 0.3 is 0 Å². The molecule has 0 saturated heterocycles. The van der Waals surface area contributed by atoms with Gasteiger partial charge in [0, 0.05) is 6.07 Å². The first-order chi connectivity index (χ1) is 6.59. The van der Waals surface area contributed by atoms with Crippen LogP contribution in [0.3, 0.4) is 0 Å². The molecule has 1 aromatic heterocycles. The van der Waals surface area contributed by atoms with Crippen LogP contribution in [0.5, 0.6) is 0 Å². The number of aromatic nitrogens is 2. The number of hydrogen-bond acceptors (Lipinski definition) is 4. The number of nitrogens with zero attached hydrogens (tertiary/aromatic N) is 2. The summed E-state index contributed by atoms with van der Waals surface area (Å²) in [5.74, 6) is -0.664. The van der Waals surface area contributed by atoms with Crippen molar-refractivity contribution in [2.45, 2.75) is 0 Å². The number of nitrogens with two attached hydrogens (primary N) is 1. The second-order valence-electron chi connectivity index (χ2n) is 2.67. The molecule has 0 aliphatic heterocycles. The Bertz CT molecular complexity index is 522. The quantitative estimate of drug-likeness (QED) is 0.528. The molecule has 1 aromatic carbocycles. The van der Waals surface area contributed by atoms with Gasteiger partial charge in [-0.15, -0.1) is 0 Å². The molecule has 72 valence electrons. The highest BCUT2D eigenvalue weighted by Crippen LogP contribution is 2.25. The van der Waals surface area contributed by atoms with Crippen molar-refractivity contribution >= 4 is 22.7 Å². The Morgan fingerprint density at radius 2 is 2.29 bits per heavy atom. The first kappa shape index (κ1) is 8.42. The maximum Gasteiger partial charge on any atom is 0.297 e. The van der Waals surface area contributed by atoms with Gasteiger partial charge in [-0.05, 0) is 6.07 Å². The number of non-ortho nitro benzene ring substituents is 1. The molecule has 6 nitrogen and oxygen atoms in total. The molecule has 7 heteroatoms. The van der Waals surface area contributed by atoms with Gasteiger partial charge in [0.1, 0.15) is 11.3 Å². The predicted molar refractivity (Wildman–Crippen MR) is 47.1 cm³/mol. The Morgan fingerprint density at radius 1 is 1.57 bits per heavy atom. The van der Waals surface area contributed by atoms with Gasteiger partial charge in [0.2, 0.25) is 0 Å². The van der Waals surface area contributed by atoms with Crippen LogP contribution in [0.15, 0.2) is 12.1 Å². The van der Waals surface area contributed by atoms with Crippen molar-refractivity contribution in [3.63, 3.8) is 0 Å². The molecule has 0 aliphatic carbocycles. The minimum Gasteiger partial charge on any atom is -0.369 e. The third kappa shape index (κ3) is 1.06. The number of H-pyrrole nitrogens is 1. The van der Waals surface area contributed by atoms with Gasteiger partial charge in [0.05, 0.1) is 4.92 Å². The van der Waals surface area contributed by atoms with Gasteiger partial charge in [0.25, 0.3) is 5.69 Å². The van der Waals surface area contributed by atoms with Gasteiger partial charge < -0.3 is 10.7 Å². The molecule has 1 heterocycles. The van der Waals surface area contributed by atoms with Crippen LogP contribution in [0.2, 0.25) is 0 Å². The highest BCUT2D eigenvalue weighted by molar-refractivity contribution is 5.86. The molecule has 0 spiro atoms. The summed E-state index contributed by atoms with van der Waals surface area (Å²) in [7, 11) is 0. The standard InChI is InChI=1S/C7H5FN4O2/c8-3-1-2-4(12(13)14)6-5(3)10-7(9)11-6/h1-2H,(H3,9,10,11). The average Bonchev–Trinajstić information content (AvgIpc) is 2.47. The largest absolute Gasteiger partial charge is 0.369 e. The molecule has 3 N–H and O–H groups in total. The Hall–Kier alpha value is -2.18. The molecule has 2 rings (SSSR count). The summed E-state index contributed by atoms with van der Waals surface area (Å²) in [4.78, 5) is 15.9. The van der Waals surface area contributed by atoms with Crippen LogP contribution in [0, 0.1) is 15.9 Å². The van der Waals surface area contributed by atoms with E-state index in [1.807, 2.05) is 0 Å². The van der Waals surface area contributed by atoms with Crippen LogP contribution >= 0.6 is 0 Å². The molecule has 0 fully saturated rings. The number of hydrogen-bond donors (Lipinski definition) is 2. The first-order valence-corrected chi connectivity index (χ1v) is 3.67. The van der Waals surface area contributed by atoms with Gasteiger partial charge in [0.15, 0.2) is 11.5 Å². The van der Waals surface area contributed by atoms with Crippen molar-refractivity contribution in [3.8, 4) is 0 Å². The fourth-order valence-electron chi connectivity index (χ4n) is 1.21. The summed E-state index contributed by atoms with van der Waals surface area (Å²) in [6.07, 6.45) is 0. The number of halogens is 1. The zero-order valence-electron chi connectivity index (χ0n) is 6.82. The lowest BCUT2D eigenvalue weighted by Crippen LogP contribution is -1.90. The van der Waals surface area contributed by atoms with Gasteiger partial charge in [-0.1, -0.05) is 0 Å². The normalized spacial score (nSPS) is 10.6. The van der Waals surface area contributed by atoms with Gasteiger partial charge in [-0.2, -0.15) is 0 Å². The summed E-state index contributed by atoms with van der Waals surface area (Å²) in [6, 6.07) is 2.05. The maximum atomic E-state index is 13.1. The fourth-order valence-corrected chi connectivity index (χ4v) is 1.21. The molecule has 0 saturated carbocycles. The van der Waals surface area contributed by atoms with E-state index in [1.165, 1.54) is 0 Å². The van der Waals surface area contributed by atoms with E-state index in [9.17, 15) is 14.5 Å². The van der Waals surface area contributed by atoms with Crippen molar-refractivity contribution in [2.75, 3.05) is 5.73 Å². The van der Waals surface area contributed by atoms with Crippen LogP contribution in [-0.2, 0) is 0 Å². The fraction of sp³-hybridized carbons (Fsp3) is 0. The van der Waals surface area contributed by atoms with Crippen LogP contribution in [0.4, 0.5) is 16.0 Å². The lowest BCUT2D eigenvalue weighted by molar-refractivity contribution is -0.383. The van der Waals surface area contributed by atoms with Crippen molar-refractivity contribution in [3.05, 3.63) is 28.1 Å². The number of rotatable bonds is 1. The average molecular weight is 196 g/mol. The van der Waals surface area contributed by atoms with Gasteiger partial charge in [-0.3, -0.25) is 10.1 Å². The molecular formula is C7H5FN4O2. The monoisotopic (exact) mass is 196 g/mol. The third-order valence-electron chi connectivity index (χ3n) is 1.79. The number of nitrogens with one attached hydrogen (secondary N) is 1. The minimum atomic E-state index is -0.637. The maximum absolute atomic E-state index is 13.1. The van der Waals surface area contributed by atoms with Crippen molar-refractivity contribution in [2.24, 2.45) is 0 Å². The zero-order valence-corrected chi connectivity index (χ0v) is 6.82. The molecule has 2 aromatic rings. The number of nitrogen functional groups attached to an aromatic ring is 1. The Labute approximate surface area is 76.7 Å². The number of nitro groups is 1. The first-order valence-electron chi connectivity index (χ1n) is 3.67. The summed E-state index contributed by atoms with van der Waals surface area (Å²) < 4.78 is 13.1. The summed E-state index contributed by atoms with van der Waals surface area (Å²) in [5, 5.41) is 10.5. The van der Waals surface area contributed by atoms with Crippen molar-refractivity contribution in [1.82, 2.24) is 9.97 Å². The summed E-state index contributed by atoms with van der Waals surface area (Å²) in [6.45, 7) is 0. The number of anilines is 1. The number of imidazole rings is 1. The summed E-state index contributed by atoms with van der Waals surface area (Å²) >= 11 is 0. The lowest BCUT2D eigenvalue weighted by atomic mass is 10.2. The van der Waals surface area contributed by atoms with E-state index in [4.69, 9.17) is 5.73 Å². The molecule has 0 bridgehead atoms. The second kappa shape index (κ2) is 2.66. The van der Waals surface area contributed by atoms with Crippen LogP contribution in [0.25, 0.3) is 11.0 Å². The molecule has 0 radical (unpaired) electrons. The number of aromatic amines is 1. The molecule has 0 aliphatic rings. The molecule has 0 amide bonds. The SMILES string of the molecule is Nc1nc2c([N+](=O)[O-])ccc(F)c2[nH]1. The molecule has 0 unspecified atom stereocenters. The smallest absolute Gasteiger partial charge is 0.297 e. The van der Waals surface area contributed by atoms with E-state index in [2.05, 4.69) is 9.97 Å². The number of nitro benzene ring substituents is 1. The minimum absolute atomic E-state index is 0.0447. The van der Waals surface area contributed by atoms with E-state index in [0.29, 0.717) is 0 Å². The van der Waals surface area contributed by atoms with E-state index >= 15 is 0 Å². The topological polar surface area (TPSA) is 97.8 Å². The highest BCUT2D eigenvalue weighted by atomic mass is 19.1. The third-order valence-corrected chi connectivity index (χ3v) is 1.79. The Balaban J connectivity index is 2.87. The van der Waals surface area contributed by atoms with Crippen LogP contribution < -0.4 is 5.73 Å². The molecular weight excluding hydrogens is 191 g/mol. The number of fused-ring (bicyclic) bond motifs is 1. The van der Waals surface area contributed by atoms with E-state index < -0.39 is 10.7 Å². The van der Waals surface area contributed by atoms with Crippen molar-refractivity contribution < 1.29 is 9.31 Å². The Kier molecular flexibility index (Phi) is 1.60. The number of benzene rings is 1. The highest BCUT2D eigenvalue weighted by Gasteiger charge is 2.17. The van der Waals surface area contributed by atoms with E-state index in [-0.39, 0.29) is 22.7 Å². The zero-order chi connectivity index (χ0) is 10.3. The van der Waals surface area contributed by atoms with Gasteiger partial charge in [-0.25, -0.2) is 9.37 Å². The van der Waals surface area contributed by atoms with Crippen LogP contribution in [-0.4, -0.2) is 14.9 Å². The predicted octanol–water partition coefficient (Wildman–Crippen LogP) is 1.19. The molecule has 14 heavy (non-hydrogen) atoms. The van der Waals surface area contributed by atoms with Crippen molar-refractivity contribution in [1.29, 1.82) is 0 Å².